The molecule has 1 saturated heterocycles. The number of ether oxygens (including phenoxy) is 2. The molecule has 1 atom stereocenters. The fraction of sp³-hybridized carbons (Fsp3) is 0.269. The fourth-order valence-corrected chi connectivity index (χ4v) is 6.50. The van der Waals surface area contributed by atoms with Crippen molar-refractivity contribution in [1.29, 1.82) is 0 Å². The van der Waals surface area contributed by atoms with Crippen LogP contribution in [0.2, 0.25) is 5.02 Å². The van der Waals surface area contributed by atoms with E-state index in [0.29, 0.717) is 51.6 Å². The van der Waals surface area contributed by atoms with Gasteiger partial charge in [0.05, 0.1) is 59.1 Å². The van der Waals surface area contributed by atoms with Gasteiger partial charge in [-0.1, -0.05) is 11.6 Å². The largest absolute Gasteiger partial charge is 0.493 e. The number of nitrogens with one attached hydrogen (secondary N) is 1. The van der Waals surface area contributed by atoms with Crippen LogP contribution < -0.4 is 14.8 Å². The highest BCUT2D eigenvalue weighted by molar-refractivity contribution is 7.91. The molecular formula is C26H24ClFN4O5S. The van der Waals surface area contributed by atoms with Gasteiger partial charge in [-0.2, -0.15) is 5.10 Å². The van der Waals surface area contributed by atoms with Crippen LogP contribution in [0.3, 0.4) is 0 Å². The monoisotopic (exact) mass is 558 g/mol. The fourth-order valence-electron chi connectivity index (χ4n) is 4.63. The number of halogens is 2. The molecule has 1 unspecified atom stereocenters. The van der Waals surface area contributed by atoms with Gasteiger partial charge < -0.3 is 14.8 Å². The lowest BCUT2D eigenvalue weighted by Crippen LogP contribution is -2.15. The summed E-state index contributed by atoms with van der Waals surface area (Å²) in [6.07, 6.45) is 0.399. The number of carbonyl (C=O) groups excluding carboxylic acids is 1. The van der Waals surface area contributed by atoms with E-state index in [1.807, 2.05) is 0 Å². The van der Waals surface area contributed by atoms with E-state index in [1.54, 1.807) is 35.9 Å². The van der Waals surface area contributed by atoms with Gasteiger partial charge in [0, 0.05) is 11.3 Å². The number of sulfone groups is 1. The number of hydrogen-bond acceptors (Lipinski definition) is 7. The molecule has 1 N–H and O–H groups in total. The first-order chi connectivity index (χ1) is 18.1. The Morgan fingerprint density at radius 3 is 2.55 bits per heavy atom. The number of pyridine rings is 1. The molecule has 4 aromatic rings. The second-order valence-corrected chi connectivity index (χ2v) is 11.6. The summed E-state index contributed by atoms with van der Waals surface area (Å²) in [5, 5.41) is 7.73. The molecule has 2 aromatic heterocycles. The van der Waals surface area contributed by atoms with Crippen molar-refractivity contribution in [2.24, 2.45) is 0 Å². The summed E-state index contributed by atoms with van der Waals surface area (Å²) in [6.45, 7) is 1.74. The second-order valence-electron chi connectivity index (χ2n) is 8.99. The van der Waals surface area contributed by atoms with Crippen molar-refractivity contribution in [3.8, 4) is 22.8 Å². The van der Waals surface area contributed by atoms with Crippen LogP contribution in [0.5, 0.6) is 11.5 Å². The van der Waals surface area contributed by atoms with E-state index in [4.69, 9.17) is 26.1 Å². The molecule has 5 rings (SSSR count). The van der Waals surface area contributed by atoms with Crippen molar-refractivity contribution < 1.29 is 27.1 Å². The summed E-state index contributed by atoms with van der Waals surface area (Å²) in [4.78, 5) is 18.4. The number of aromatic nitrogens is 3. The van der Waals surface area contributed by atoms with Crippen molar-refractivity contribution in [3.63, 3.8) is 0 Å². The number of methoxy groups -OCH3 is 2. The van der Waals surface area contributed by atoms with Gasteiger partial charge in [0.15, 0.2) is 27.0 Å². The Morgan fingerprint density at radius 1 is 1.13 bits per heavy atom. The number of aryl methyl sites for hydroxylation is 1. The average molecular weight is 559 g/mol. The van der Waals surface area contributed by atoms with Gasteiger partial charge in [-0.15, -0.1) is 0 Å². The molecule has 198 valence electrons. The zero-order valence-electron chi connectivity index (χ0n) is 20.8. The van der Waals surface area contributed by atoms with E-state index in [1.165, 1.54) is 32.4 Å². The van der Waals surface area contributed by atoms with E-state index >= 15 is 0 Å². The Balaban J connectivity index is 1.68. The van der Waals surface area contributed by atoms with E-state index < -0.39 is 27.6 Å². The van der Waals surface area contributed by atoms with Gasteiger partial charge in [-0.25, -0.2) is 22.5 Å². The molecule has 0 bridgehead atoms. The number of fused-ring (bicyclic) bond motifs is 1. The molecule has 9 nitrogen and oxygen atoms in total. The molecule has 0 spiro atoms. The molecule has 0 saturated carbocycles. The maximum atomic E-state index is 13.7. The lowest BCUT2D eigenvalue weighted by molar-refractivity contribution is 0.102. The first kappa shape index (κ1) is 25.9. The van der Waals surface area contributed by atoms with Gasteiger partial charge in [0.2, 0.25) is 0 Å². The SMILES string of the molecule is COc1ccc(-c2cc(C(=O)Nc3ccc(F)c(Cl)c3)c3c(C)nn(C4CCS(=O)(=O)C4)c3n2)cc1OC. The molecule has 1 fully saturated rings. The summed E-state index contributed by atoms with van der Waals surface area (Å²) in [5.41, 5.74) is 2.59. The third-order valence-electron chi connectivity index (χ3n) is 6.49. The van der Waals surface area contributed by atoms with Crippen LogP contribution in [-0.4, -0.2) is 54.8 Å². The van der Waals surface area contributed by atoms with Crippen LogP contribution in [0.15, 0.2) is 42.5 Å². The van der Waals surface area contributed by atoms with Crippen molar-refractivity contribution in [2.45, 2.75) is 19.4 Å². The number of amides is 1. The predicted octanol–water partition coefficient (Wildman–Crippen LogP) is 4.83. The van der Waals surface area contributed by atoms with E-state index in [0.717, 1.165) is 0 Å². The van der Waals surface area contributed by atoms with E-state index in [9.17, 15) is 17.6 Å². The standard InChI is InChI=1S/C26H24ClFN4O5S/c1-14-24-18(26(33)29-16-5-6-20(28)19(27)11-16)12-21(15-4-7-22(36-2)23(10-15)37-3)30-25(24)32(31-14)17-8-9-38(34,35)13-17/h4-7,10-12,17H,8-9,13H2,1-3H3,(H,29,33). The highest BCUT2D eigenvalue weighted by Gasteiger charge is 2.32. The topological polar surface area (TPSA) is 112 Å². The highest BCUT2D eigenvalue weighted by Crippen LogP contribution is 2.35. The number of carbonyl (C=O) groups is 1. The van der Waals surface area contributed by atoms with E-state index in [-0.39, 0.29) is 22.1 Å². The first-order valence-corrected chi connectivity index (χ1v) is 13.9. The molecule has 1 amide bonds. The lowest BCUT2D eigenvalue weighted by Gasteiger charge is -2.14. The van der Waals surface area contributed by atoms with Crippen molar-refractivity contribution >= 4 is 44.1 Å². The Morgan fingerprint density at radius 2 is 1.89 bits per heavy atom. The lowest BCUT2D eigenvalue weighted by atomic mass is 10.0. The van der Waals surface area contributed by atoms with Gasteiger partial charge >= 0.3 is 0 Å². The van der Waals surface area contributed by atoms with Crippen LogP contribution >= 0.6 is 11.6 Å². The maximum Gasteiger partial charge on any atom is 0.256 e. The number of hydrogen-bond donors (Lipinski definition) is 1. The third kappa shape index (κ3) is 4.79. The zero-order chi connectivity index (χ0) is 27.2. The molecule has 1 aliphatic rings. The summed E-state index contributed by atoms with van der Waals surface area (Å²) < 4.78 is 50.5. The normalized spacial score (nSPS) is 16.5. The Bertz CT molecular complexity index is 1690. The quantitative estimate of drug-likeness (QED) is 0.361. The minimum atomic E-state index is -3.20. The van der Waals surface area contributed by atoms with E-state index in [2.05, 4.69) is 10.4 Å². The summed E-state index contributed by atoms with van der Waals surface area (Å²) in [7, 11) is -0.150. The minimum absolute atomic E-state index is 0.0545. The Labute approximate surface area is 223 Å². The average Bonchev–Trinajstić information content (AvgIpc) is 3.43. The smallest absolute Gasteiger partial charge is 0.256 e. The molecule has 12 heteroatoms. The Hall–Kier alpha value is -3.70. The van der Waals surface area contributed by atoms with Gasteiger partial charge in [-0.3, -0.25) is 4.79 Å². The number of anilines is 1. The Kier molecular flexibility index (Phi) is 6.74. The van der Waals surface area contributed by atoms with Crippen LogP contribution in [0.25, 0.3) is 22.3 Å². The molecule has 0 radical (unpaired) electrons. The minimum Gasteiger partial charge on any atom is -0.493 e. The van der Waals surface area contributed by atoms with Crippen molar-refractivity contribution in [1.82, 2.24) is 14.8 Å². The zero-order valence-corrected chi connectivity index (χ0v) is 22.4. The van der Waals surface area contributed by atoms with Crippen molar-refractivity contribution in [3.05, 3.63) is 64.6 Å². The van der Waals surface area contributed by atoms with Gasteiger partial charge in [-0.05, 0) is 55.8 Å². The van der Waals surface area contributed by atoms with Crippen LogP contribution in [0.1, 0.15) is 28.5 Å². The molecular weight excluding hydrogens is 535 g/mol. The number of rotatable bonds is 6. The molecule has 1 aliphatic heterocycles. The maximum absolute atomic E-state index is 13.7. The number of nitrogens with zero attached hydrogens (tertiary/aromatic N) is 3. The molecule has 3 heterocycles. The summed E-state index contributed by atoms with van der Waals surface area (Å²) >= 11 is 5.90. The predicted molar refractivity (Wildman–Crippen MR) is 142 cm³/mol. The molecule has 2 aromatic carbocycles. The van der Waals surface area contributed by atoms with Gasteiger partial charge in [0.1, 0.15) is 5.82 Å². The van der Waals surface area contributed by atoms with Crippen LogP contribution in [0, 0.1) is 12.7 Å². The molecule has 0 aliphatic carbocycles. The second kappa shape index (κ2) is 9.88. The van der Waals surface area contributed by atoms with Gasteiger partial charge in [0.25, 0.3) is 5.91 Å². The number of benzene rings is 2. The summed E-state index contributed by atoms with van der Waals surface area (Å²) in [6, 6.07) is 10.4. The summed E-state index contributed by atoms with van der Waals surface area (Å²) in [5.74, 6) is -0.0717. The molecule has 38 heavy (non-hydrogen) atoms. The first-order valence-electron chi connectivity index (χ1n) is 11.7. The van der Waals surface area contributed by atoms with Crippen LogP contribution in [0.4, 0.5) is 10.1 Å². The third-order valence-corrected chi connectivity index (χ3v) is 8.53. The van der Waals surface area contributed by atoms with Crippen LogP contribution in [-0.2, 0) is 9.84 Å². The van der Waals surface area contributed by atoms with Crippen molar-refractivity contribution in [2.75, 3.05) is 31.0 Å². The highest BCUT2D eigenvalue weighted by atomic mass is 35.5.